The second-order valence-electron chi connectivity index (χ2n) is 3.47. The first-order valence-corrected chi connectivity index (χ1v) is 5.25. The van der Waals surface area contributed by atoms with Gasteiger partial charge >= 0.3 is 0 Å². The Hall–Kier alpha value is -0.540. The monoisotopic (exact) mass is 241 g/mol. The highest BCUT2D eigenvalue weighted by atomic mass is 79.9. The summed E-state index contributed by atoms with van der Waals surface area (Å²) >= 11 is 3.39. The Labute approximate surface area is 85.9 Å². The van der Waals surface area contributed by atoms with Crippen LogP contribution in [0.2, 0.25) is 0 Å². The largest absolute Gasteiger partial charge is 0.507 e. The molecule has 0 saturated heterocycles. The highest BCUT2D eigenvalue weighted by Gasteiger charge is 2.19. The molecule has 0 aliphatic heterocycles. The minimum Gasteiger partial charge on any atom is -0.507 e. The van der Waals surface area contributed by atoms with Crippen molar-refractivity contribution in [3.8, 4) is 5.75 Å². The quantitative estimate of drug-likeness (QED) is 0.734. The van der Waals surface area contributed by atoms with Crippen LogP contribution in [0.1, 0.15) is 30.0 Å². The van der Waals surface area contributed by atoms with Gasteiger partial charge in [0.1, 0.15) is 5.75 Å². The third-order valence-electron chi connectivity index (χ3n) is 2.60. The Bertz CT molecular complexity index is 338. The van der Waals surface area contributed by atoms with Crippen LogP contribution >= 0.6 is 15.9 Å². The molecule has 13 heavy (non-hydrogen) atoms. The number of hydrogen-bond donors (Lipinski definition) is 2. The van der Waals surface area contributed by atoms with Crippen molar-refractivity contribution < 1.29 is 5.11 Å². The van der Waals surface area contributed by atoms with Gasteiger partial charge in [-0.05, 0) is 52.4 Å². The number of phenolic OH excluding ortho intramolecular Hbond substituents is 1. The van der Waals surface area contributed by atoms with E-state index in [1.165, 1.54) is 11.1 Å². The molecule has 2 nitrogen and oxygen atoms in total. The molecule has 0 saturated carbocycles. The van der Waals surface area contributed by atoms with Crippen LogP contribution in [-0.4, -0.2) is 5.11 Å². The molecule has 70 valence electrons. The molecule has 1 aromatic rings. The van der Waals surface area contributed by atoms with Gasteiger partial charge in [-0.1, -0.05) is 6.07 Å². The molecule has 1 aliphatic rings. The molecule has 1 unspecified atom stereocenters. The maximum atomic E-state index is 9.47. The third-order valence-corrected chi connectivity index (χ3v) is 3.49. The summed E-state index contributed by atoms with van der Waals surface area (Å²) in [4.78, 5) is 0. The lowest BCUT2D eigenvalue weighted by molar-refractivity contribution is 0.467. The average molecular weight is 242 g/mol. The van der Waals surface area contributed by atoms with E-state index in [4.69, 9.17) is 5.73 Å². The molecule has 0 bridgehead atoms. The van der Waals surface area contributed by atoms with Gasteiger partial charge in [0.15, 0.2) is 0 Å². The Morgan fingerprint density at radius 1 is 1.46 bits per heavy atom. The minimum atomic E-state index is 0.139. The van der Waals surface area contributed by atoms with E-state index in [9.17, 15) is 5.11 Å². The topological polar surface area (TPSA) is 46.2 Å². The summed E-state index contributed by atoms with van der Waals surface area (Å²) in [5.74, 6) is 0.313. The molecular weight excluding hydrogens is 230 g/mol. The molecule has 3 N–H and O–H groups in total. The minimum absolute atomic E-state index is 0.139. The van der Waals surface area contributed by atoms with Crippen LogP contribution in [0, 0.1) is 0 Å². The molecule has 0 radical (unpaired) electrons. The molecular formula is C10H12BrNO. The lowest BCUT2D eigenvalue weighted by atomic mass is 9.88. The van der Waals surface area contributed by atoms with Gasteiger partial charge in [-0.25, -0.2) is 0 Å². The molecule has 1 aliphatic carbocycles. The molecule has 0 aromatic heterocycles. The van der Waals surface area contributed by atoms with E-state index in [1.54, 1.807) is 6.07 Å². The van der Waals surface area contributed by atoms with E-state index in [2.05, 4.69) is 15.9 Å². The van der Waals surface area contributed by atoms with Crippen molar-refractivity contribution >= 4 is 15.9 Å². The van der Waals surface area contributed by atoms with E-state index < -0.39 is 0 Å². The fourth-order valence-corrected chi connectivity index (χ4v) is 2.44. The SMILES string of the molecule is NC1CCCc2c1ccc(O)c2Br. The Morgan fingerprint density at radius 3 is 3.00 bits per heavy atom. The van der Waals surface area contributed by atoms with Crippen molar-refractivity contribution in [3.05, 3.63) is 27.7 Å². The maximum absolute atomic E-state index is 9.47. The van der Waals surface area contributed by atoms with E-state index in [0.29, 0.717) is 5.75 Å². The molecule has 2 rings (SSSR count). The van der Waals surface area contributed by atoms with Gasteiger partial charge in [0, 0.05) is 6.04 Å². The normalized spacial score (nSPS) is 21.2. The summed E-state index contributed by atoms with van der Waals surface area (Å²) in [6.45, 7) is 0. The Balaban J connectivity index is 2.56. The van der Waals surface area contributed by atoms with Gasteiger partial charge in [-0.3, -0.25) is 0 Å². The first-order chi connectivity index (χ1) is 6.20. The number of fused-ring (bicyclic) bond motifs is 1. The van der Waals surface area contributed by atoms with E-state index in [1.807, 2.05) is 6.07 Å². The van der Waals surface area contributed by atoms with Crippen LogP contribution in [-0.2, 0) is 6.42 Å². The highest BCUT2D eigenvalue weighted by Crippen LogP contribution is 2.37. The third kappa shape index (κ3) is 1.46. The molecule has 1 aromatic carbocycles. The van der Waals surface area contributed by atoms with Crippen LogP contribution in [0.25, 0.3) is 0 Å². The second-order valence-corrected chi connectivity index (χ2v) is 4.26. The van der Waals surface area contributed by atoms with Crippen LogP contribution in [0.3, 0.4) is 0 Å². The van der Waals surface area contributed by atoms with E-state index in [-0.39, 0.29) is 6.04 Å². The van der Waals surface area contributed by atoms with Crippen LogP contribution in [0.4, 0.5) is 0 Å². The van der Waals surface area contributed by atoms with Gasteiger partial charge in [-0.15, -0.1) is 0 Å². The zero-order chi connectivity index (χ0) is 9.42. The molecule has 0 amide bonds. The zero-order valence-corrected chi connectivity index (χ0v) is 8.84. The number of benzene rings is 1. The predicted molar refractivity (Wildman–Crippen MR) is 55.7 cm³/mol. The van der Waals surface area contributed by atoms with Gasteiger partial charge in [0.05, 0.1) is 4.47 Å². The summed E-state index contributed by atoms with van der Waals surface area (Å²) in [5.41, 5.74) is 8.32. The van der Waals surface area contributed by atoms with Gasteiger partial charge < -0.3 is 10.8 Å². The first-order valence-electron chi connectivity index (χ1n) is 4.46. The fraction of sp³-hybridized carbons (Fsp3) is 0.400. The average Bonchev–Trinajstić information content (AvgIpc) is 2.12. The van der Waals surface area contributed by atoms with Crippen molar-refractivity contribution in [2.24, 2.45) is 5.73 Å². The van der Waals surface area contributed by atoms with Crippen LogP contribution in [0.15, 0.2) is 16.6 Å². The first kappa shape index (κ1) is 9.03. The lowest BCUT2D eigenvalue weighted by Gasteiger charge is -2.23. The number of nitrogens with two attached hydrogens (primary N) is 1. The standard InChI is InChI=1S/C10H12BrNO/c11-10-7-2-1-3-8(12)6(7)4-5-9(10)13/h4-5,8,13H,1-3,12H2. The van der Waals surface area contributed by atoms with Crippen molar-refractivity contribution in [3.63, 3.8) is 0 Å². The molecule has 0 heterocycles. The smallest absolute Gasteiger partial charge is 0.130 e. The summed E-state index contributed by atoms with van der Waals surface area (Å²) < 4.78 is 0.820. The van der Waals surface area contributed by atoms with E-state index >= 15 is 0 Å². The maximum Gasteiger partial charge on any atom is 0.130 e. The molecule has 3 heteroatoms. The Kier molecular flexibility index (Phi) is 2.30. The Morgan fingerprint density at radius 2 is 2.23 bits per heavy atom. The van der Waals surface area contributed by atoms with Crippen molar-refractivity contribution in [2.45, 2.75) is 25.3 Å². The fourth-order valence-electron chi connectivity index (χ4n) is 1.88. The highest BCUT2D eigenvalue weighted by molar-refractivity contribution is 9.10. The van der Waals surface area contributed by atoms with Crippen molar-refractivity contribution in [2.75, 3.05) is 0 Å². The van der Waals surface area contributed by atoms with Crippen molar-refractivity contribution in [1.29, 1.82) is 0 Å². The molecule has 1 atom stereocenters. The lowest BCUT2D eigenvalue weighted by Crippen LogP contribution is -2.17. The summed E-state index contributed by atoms with van der Waals surface area (Å²) in [7, 11) is 0. The number of hydrogen-bond acceptors (Lipinski definition) is 2. The van der Waals surface area contributed by atoms with Crippen LogP contribution < -0.4 is 5.73 Å². The van der Waals surface area contributed by atoms with Gasteiger partial charge in [0.2, 0.25) is 0 Å². The summed E-state index contributed by atoms with van der Waals surface area (Å²) in [6, 6.07) is 3.77. The number of aromatic hydroxyl groups is 1. The number of phenols is 1. The van der Waals surface area contributed by atoms with E-state index in [0.717, 1.165) is 23.7 Å². The number of halogens is 1. The predicted octanol–water partition coefficient (Wildman–Crippen LogP) is 2.49. The zero-order valence-electron chi connectivity index (χ0n) is 7.26. The number of rotatable bonds is 0. The second kappa shape index (κ2) is 3.31. The van der Waals surface area contributed by atoms with Crippen LogP contribution in [0.5, 0.6) is 5.75 Å². The van der Waals surface area contributed by atoms with Gasteiger partial charge in [-0.2, -0.15) is 0 Å². The molecule has 0 spiro atoms. The summed E-state index contributed by atoms with van der Waals surface area (Å²) in [6.07, 6.45) is 3.17. The summed E-state index contributed by atoms with van der Waals surface area (Å²) in [5, 5.41) is 9.47. The van der Waals surface area contributed by atoms with Crippen molar-refractivity contribution in [1.82, 2.24) is 0 Å². The van der Waals surface area contributed by atoms with Gasteiger partial charge in [0.25, 0.3) is 0 Å². The molecule has 0 fully saturated rings.